The molecule has 0 atom stereocenters. The van der Waals surface area contributed by atoms with Crippen LogP contribution in [0.5, 0.6) is 0 Å². The summed E-state index contributed by atoms with van der Waals surface area (Å²) < 4.78 is 25.3. The van der Waals surface area contributed by atoms with Crippen molar-refractivity contribution >= 4 is 21.9 Å². The number of rotatable bonds is 3. The van der Waals surface area contributed by atoms with Crippen molar-refractivity contribution in [3.8, 4) is 6.07 Å². The second-order valence-corrected chi connectivity index (χ2v) is 3.33. The topological polar surface area (TPSA) is 74.0 Å². The average Bonchev–Trinajstić information content (AvgIpc) is 2.26. The number of nitriles is 1. The minimum atomic E-state index is -2.86. The molecule has 7 heteroatoms. The molecule has 0 aliphatic carbocycles. The molecular formula is C9H5BrF2N2O2. The minimum Gasteiger partial charge on any atom is -0.477 e. The Morgan fingerprint density at radius 2 is 2.31 bits per heavy atom. The van der Waals surface area contributed by atoms with Gasteiger partial charge in [0.2, 0.25) is 0 Å². The first kappa shape index (κ1) is 12.5. The van der Waals surface area contributed by atoms with Gasteiger partial charge in [0.1, 0.15) is 5.69 Å². The fourth-order valence-corrected chi connectivity index (χ4v) is 1.58. The predicted octanol–water partition coefficient (Wildman–Crippen LogP) is 2.48. The average molecular weight is 291 g/mol. The van der Waals surface area contributed by atoms with Crippen molar-refractivity contribution in [1.29, 1.82) is 5.26 Å². The maximum Gasteiger partial charge on any atom is 0.354 e. The van der Waals surface area contributed by atoms with Crippen molar-refractivity contribution in [1.82, 2.24) is 4.98 Å². The van der Waals surface area contributed by atoms with E-state index < -0.39 is 23.7 Å². The van der Waals surface area contributed by atoms with Crippen LogP contribution in [0.25, 0.3) is 0 Å². The van der Waals surface area contributed by atoms with Gasteiger partial charge in [-0.05, 0) is 6.07 Å². The molecule has 0 aromatic carbocycles. The Kier molecular flexibility index (Phi) is 3.90. The predicted molar refractivity (Wildman–Crippen MR) is 53.5 cm³/mol. The molecule has 0 unspecified atom stereocenters. The Hall–Kier alpha value is -1.55. The van der Waals surface area contributed by atoms with E-state index in [0.717, 1.165) is 6.07 Å². The largest absolute Gasteiger partial charge is 0.477 e. The molecule has 0 radical (unpaired) electrons. The first-order valence-electron chi connectivity index (χ1n) is 4.02. The summed E-state index contributed by atoms with van der Waals surface area (Å²) in [6, 6.07) is 2.39. The summed E-state index contributed by atoms with van der Waals surface area (Å²) in [5, 5.41) is 17.3. The molecular weight excluding hydrogens is 286 g/mol. The van der Waals surface area contributed by atoms with Gasteiger partial charge in [-0.1, -0.05) is 15.9 Å². The van der Waals surface area contributed by atoms with Crippen molar-refractivity contribution in [2.75, 3.05) is 0 Å². The highest BCUT2D eigenvalue weighted by molar-refractivity contribution is 9.08. The Bertz CT molecular complexity index is 471. The van der Waals surface area contributed by atoms with Gasteiger partial charge in [0, 0.05) is 5.33 Å². The number of pyridine rings is 1. The van der Waals surface area contributed by atoms with Gasteiger partial charge in [-0.25, -0.2) is 18.6 Å². The van der Waals surface area contributed by atoms with Crippen LogP contribution in [0, 0.1) is 11.3 Å². The summed E-state index contributed by atoms with van der Waals surface area (Å²) in [6.45, 7) is 0. The molecule has 16 heavy (non-hydrogen) atoms. The molecule has 0 bridgehead atoms. The highest BCUT2D eigenvalue weighted by atomic mass is 79.9. The number of halogens is 3. The van der Waals surface area contributed by atoms with Crippen molar-refractivity contribution < 1.29 is 18.7 Å². The number of hydrogen-bond donors (Lipinski definition) is 1. The molecule has 1 aromatic heterocycles. The first-order chi connectivity index (χ1) is 7.51. The van der Waals surface area contributed by atoms with Crippen LogP contribution >= 0.6 is 15.9 Å². The molecule has 1 aromatic rings. The highest BCUT2D eigenvalue weighted by Gasteiger charge is 2.21. The molecule has 0 amide bonds. The third-order valence-electron chi connectivity index (χ3n) is 1.82. The van der Waals surface area contributed by atoms with Gasteiger partial charge in [-0.2, -0.15) is 5.26 Å². The summed E-state index contributed by atoms with van der Waals surface area (Å²) in [5.41, 5.74) is -1.44. The fraction of sp³-hybridized carbons (Fsp3) is 0.222. The number of aromatic nitrogens is 1. The lowest BCUT2D eigenvalue weighted by atomic mass is 10.1. The van der Waals surface area contributed by atoms with Crippen molar-refractivity contribution in [2.24, 2.45) is 0 Å². The zero-order valence-corrected chi connectivity index (χ0v) is 9.33. The Morgan fingerprint density at radius 1 is 1.69 bits per heavy atom. The normalized spacial score (nSPS) is 10.2. The van der Waals surface area contributed by atoms with Crippen LogP contribution in [-0.4, -0.2) is 16.1 Å². The van der Waals surface area contributed by atoms with E-state index in [-0.39, 0.29) is 16.6 Å². The number of hydrogen-bond acceptors (Lipinski definition) is 3. The standard InChI is InChI=1S/C9H5BrF2N2O2/c10-2-6-7(8(11)12)4(3-13)1-5(14-6)9(15)16/h1,8H,2H2,(H,15,16). The van der Waals surface area contributed by atoms with Gasteiger partial charge in [0.05, 0.1) is 22.9 Å². The molecule has 0 spiro atoms. The molecule has 0 saturated carbocycles. The lowest BCUT2D eigenvalue weighted by Gasteiger charge is -2.08. The van der Waals surface area contributed by atoms with Crippen LogP contribution in [0.2, 0.25) is 0 Å². The minimum absolute atomic E-state index is 0.0392. The van der Waals surface area contributed by atoms with E-state index in [9.17, 15) is 13.6 Å². The van der Waals surface area contributed by atoms with Crippen LogP contribution in [0.1, 0.15) is 33.7 Å². The van der Waals surface area contributed by atoms with Gasteiger partial charge in [0.15, 0.2) is 0 Å². The van der Waals surface area contributed by atoms with Gasteiger partial charge in [-0.15, -0.1) is 0 Å². The van der Waals surface area contributed by atoms with Crippen LogP contribution in [0.4, 0.5) is 8.78 Å². The lowest BCUT2D eigenvalue weighted by molar-refractivity contribution is 0.0689. The fourth-order valence-electron chi connectivity index (χ4n) is 1.16. The molecule has 0 fully saturated rings. The van der Waals surface area contributed by atoms with E-state index >= 15 is 0 Å². The smallest absolute Gasteiger partial charge is 0.354 e. The molecule has 0 aliphatic rings. The van der Waals surface area contributed by atoms with Gasteiger partial charge >= 0.3 is 5.97 Å². The first-order valence-corrected chi connectivity index (χ1v) is 5.14. The number of aromatic carboxylic acids is 1. The molecule has 0 aliphatic heterocycles. The number of carboxylic acids is 1. The summed E-state index contributed by atoms with van der Waals surface area (Å²) in [7, 11) is 0. The van der Waals surface area contributed by atoms with Crippen molar-refractivity contribution in [2.45, 2.75) is 11.8 Å². The molecule has 0 saturated heterocycles. The Labute approximate surface area is 97.7 Å². The second kappa shape index (κ2) is 4.99. The van der Waals surface area contributed by atoms with Crippen molar-refractivity contribution in [3.05, 3.63) is 28.6 Å². The summed E-state index contributed by atoms with van der Waals surface area (Å²) in [4.78, 5) is 14.2. The summed E-state index contributed by atoms with van der Waals surface area (Å²) in [6.07, 6.45) is -2.86. The zero-order valence-electron chi connectivity index (χ0n) is 7.75. The quantitative estimate of drug-likeness (QED) is 0.868. The highest BCUT2D eigenvalue weighted by Crippen LogP contribution is 2.27. The summed E-state index contributed by atoms with van der Waals surface area (Å²) in [5.74, 6) is -1.36. The number of carboxylic acid groups (broad SMARTS) is 1. The Morgan fingerprint density at radius 3 is 2.69 bits per heavy atom. The SMILES string of the molecule is N#Cc1cc(C(=O)O)nc(CBr)c1C(F)F. The lowest BCUT2D eigenvalue weighted by Crippen LogP contribution is -2.08. The monoisotopic (exact) mass is 290 g/mol. The third kappa shape index (κ3) is 2.33. The Balaban J connectivity index is 3.51. The van der Waals surface area contributed by atoms with Crippen LogP contribution in [-0.2, 0) is 5.33 Å². The van der Waals surface area contributed by atoms with Crippen LogP contribution < -0.4 is 0 Å². The molecule has 1 N–H and O–H groups in total. The van der Waals surface area contributed by atoms with Crippen LogP contribution in [0.3, 0.4) is 0 Å². The van der Waals surface area contributed by atoms with E-state index in [0.29, 0.717) is 0 Å². The van der Waals surface area contributed by atoms with Crippen LogP contribution in [0.15, 0.2) is 6.07 Å². The van der Waals surface area contributed by atoms with Gasteiger partial charge < -0.3 is 5.11 Å². The third-order valence-corrected chi connectivity index (χ3v) is 2.35. The van der Waals surface area contributed by atoms with E-state index in [4.69, 9.17) is 10.4 Å². The zero-order chi connectivity index (χ0) is 12.3. The van der Waals surface area contributed by atoms with Crippen molar-refractivity contribution in [3.63, 3.8) is 0 Å². The van der Waals surface area contributed by atoms with E-state index in [2.05, 4.69) is 20.9 Å². The van der Waals surface area contributed by atoms with Gasteiger partial charge in [-0.3, -0.25) is 0 Å². The molecule has 84 valence electrons. The van der Waals surface area contributed by atoms with E-state index in [1.165, 1.54) is 0 Å². The number of alkyl halides is 3. The number of carbonyl (C=O) groups is 1. The molecule has 4 nitrogen and oxygen atoms in total. The molecule has 1 rings (SSSR count). The second-order valence-electron chi connectivity index (χ2n) is 2.77. The molecule has 1 heterocycles. The van der Waals surface area contributed by atoms with Gasteiger partial charge in [0.25, 0.3) is 6.43 Å². The van der Waals surface area contributed by atoms with E-state index in [1.54, 1.807) is 6.07 Å². The summed E-state index contributed by atoms with van der Waals surface area (Å²) >= 11 is 2.93. The maximum atomic E-state index is 12.6. The van der Waals surface area contributed by atoms with E-state index in [1.807, 2.05) is 0 Å². The maximum absolute atomic E-state index is 12.6. The number of nitrogens with zero attached hydrogens (tertiary/aromatic N) is 2.